The lowest BCUT2D eigenvalue weighted by Gasteiger charge is -2.15. The molecule has 2 unspecified atom stereocenters. The van der Waals surface area contributed by atoms with Crippen LogP contribution in [0.5, 0.6) is 5.75 Å². The molecule has 0 N–H and O–H groups in total. The topological polar surface area (TPSA) is 48.1 Å². The molecule has 25 heavy (non-hydrogen) atoms. The van der Waals surface area contributed by atoms with Gasteiger partial charge in [-0.1, -0.05) is 55.3 Å². The fraction of sp³-hybridized carbons (Fsp3) is 0.381. The van der Waals surface area contributed by atoms with Crippen LogP contribution >= 0.6 is 0 Å². The smallest absolute Gasteiger partial charge is 0.339 e. The average molecular weight is 340 g/mol. The van der Waals surface area contributed by atoms with Crippen LogP contribution in [0, 0.1) is 6.92 Å². The Hall–Kier alpha value is -2.33. The third-order valence-corrected chi connectivity index (χ3v) is 4.57. The van der Waals surface area contributed by atoms with Crippen LogP contribution in [0.3, 0.4) is 0 Å². The van der Waals surface area contributed by atoms with Gasteiger partial charge in [-0.3, -0.25) is 0 Å². The molecule has 0 aromatic heterocycles. The van der Waals surface area contributed by atoms with Gasteiger partial charge in [-0.05, 0) is 36.6 Å². The third kappa shape index (κ3) is 3.40. The minimum Gasteiger partial charge on any atom is -0.497 e. The van der Waals surface area contributed by atoms with E-state index in [9.17, 15) is 4.79 Å². The molecule has 0 bridgehead atoms. The monoisotopic (exact) mass is 340 g/mol. The summed E-state index contributed by atoms with van der Waals surface area (Å²) >= 11 is 0. The van der Waals surface area contributed by atoms with Gasteiger partial charge in [-0.25, -0.2) is 4.79 Å². The predicted molar refractivity (Wildman–Crippen MR) is 95.7 cm³/mol. The van der Waals surface area contributed by atoms with Gasteiger partial charge in [0.25, 0.3) is 0 Å². The number of methoxy groups -OCH3 is 1. The molecule has 4 nitrogen and oxygen atoms in total. The van der Waals surface area contributed by atoms with E-state index in [0.29, 0.717) is 6.61 Å². The molecule has 4 heteroatoms. The summed E-state index contributed by atoms with van der Waals surface area (Å²) in [4.78, 5) is 12.5. The van der Waals surface area contributed by atoms with E-state index < -0.39 is 11.7 Å². The largest absolute Gasteiger partial charge is 0.497 e. The van der Waals surface area contributed by atoms with Crippen LogP contribution in [-0.2, 0) is 19.9 Å². The second kappa shape index (κ2) is 7.28. The number of unbranched alkanes of at least 4 members (excludes halogenated alkanes) is 1. The zero-order chi connectivity index (χ0) is 17.9. The standard InChI is InChI=1S/C21H24O4/c1-4-5-14-24-20(22)19-21(25-19,16-8-6-15(2)7-9-16)17-10-12-18(23-3)13-11-17/h6-13,19H,4-5,14H2,1-3H3. The maximum atomic E-state index is 12.5. The van der Waals surface area contributed by atoms with E-state index in [4.69, 9.17) is 14.2 Å². The summed E-state index contributed by atoms with van der Waals surface area (Å²) in [6.07, 6.45) is 1.24. The molecule has 132 valence electrons. The lowest BCUT2D eigenvalue weighted by atomic mass is 9.87. The van der Waals surface area contributed by atoms with Crippen LogP contribution in [0.4, 0.5) is 0 Å². The molecule has 2 atom stereocenters. The highest BCUT2D eigenvalue weighted by Gasteiger charge is 2.64. The molecule has 2 aromatic rings. The van der Waals surface area contributed by atoms with Crippen molar-refractivity contribution in [2.45, 2.75) is 38.4 Å². The number of rotatable bonds is 7. The van der Waals surface area contributed by atoms with Crippen LogP contribution in [-0.4, -0.2) is 25.8 Å². The Morgan fingerprint density at radius 2 is 1.68 bits per heavy atom. The lowest BCUT2D eigenvalue weighted by molar-refractivity contribution is -0.145. The third-order valence-electron chi connectivity index (χ3n) is 4.57. The van der Waals surface area contributed by atoms with Gasteiger partial charge in [0.2, 0.25) is 0 Å². The van der Waals surface area contributed by atoms with Crippen LogP contribution in [0.2, 0.25) is 0 Å². The minimum atomic E-state index is -0.775. The quantitative estimate of drug-likeness (QED) is 0.434. The number of hydrogen-bond donors (Lipinski definition) is 0. The molecular formula is C21H24O4. The first-order valence-electron chi connectivity index (χ1n) is 8.68. The second-order valence-corrected chi connectivity index (χ2v) is 6.35. The summed E-state index contributed by atoms with van der Waals surface area (Å²) < 4.78 is 16.6. The number of carbonyl (C=O) groups excluding carboxylic acids is 1. The molecular weight excluding hydrogens is 316 g/mol. The van der Waals surface area contributed by atoms with Crippen molar-refractivity contribution in [3.63, 3.8) is 0 Å². The number of aryl methyl sites for hydroxylation is 1. The first-order chi connectivity index (χ1) is 12.1. The van der Waals surface area contributed by atoms with Crippen LogP contribution in [0.1, 0.15) is 36.5 Å². The predicted octanol–water partition coefficient (Wildman–Crippen LogP) is 3.99. The second-order valence-electron chi connectivity index (χ2n) is 6.35. The Morgan fingerprint density at radius 3 is 2.24 bits per heavy atom. The summed E-state index contributed by atoms with van der Waals surface area (Å²) in [6.45, 7) is 4.53. The molecule has 0 aliphatic carbocycles. The Balaban J connectivity index is 1.90. The highest BCUT2D eigenvalue weighted by molar-refractivity contribution is 5.81. The van der Waals surface area contributed by atoms with Crippen molar-refractivity contribution in [2.24, 2.45) is 0 Å². The van der Waals surface area contributed by atoms with Gasteiger partial charge in [-0.2, -0.15) is 0 Å². The van der Waals surface area contributed by atoms with Gasteiger partial charge in [0.1, 0.15) is 5.75 Å². The molecule has 0 radical (unpaired) electrons. The molecule has 1 aliphatic heterocycles. The lowest BCUT2D eigenvalue weighted by Crippen LogP contribution is -2.23. The van der Waals surface area contributed by atoms with Gasteiger partial charge in [0.15, 0.2) is 11.7 Å². The van der Waals surface area contributed by atoms with Crippen molar-refractivity contribution in [2.75, 3.05) is 13.7 Å². The first-order valence-corrected chi connectivity index (χ1v) is 8.68. The first kappa shape index (κ1) is 17.5. The summed E-state index contributed by atoms with van der Waals surface area (Å²) in [6, 6.07) is 15.7. The van der Waals surface area contributed by atoms with Crippen molar-refractivity contribution >= 4 is 5.97 Å². The summed E-state index contributed by atoms with van der Waals surface area (Å²) in [5.74, 6) is 0.468. The zero-order valence-electron chi connectivity index (χ0n) is 15.0. The SMILES string of the molecule is CCCCOC(=O)C1OC1(c1ccc(C)cc1)c1ccc(OC)cc1. The van der Waals surface area contributed by atoms with Crippen molar-refractivity contribution < 1.29 is 19.0 Å². The van der Waals surface area contributed by atoms with E-state index in [0.717, 1.165) is 35.3 Å². The van der Waals surface area contributed by atoms with E-state index >= 15 is 0 Å². The van der Waals surface area contributed by atoms with E-state index in [1.165, 1.54) is 0 Å². The summed E-state index contributed by atoms with van der Waals surface area (Å²) in [7, 11) is 1.63. The Morgan fingerprint density at radius 1 is 1.08 bits per heavy atom. The maximum absolute atomic E-state index is 12.5. The van der Waals surface area contributed by atoms with Crippen LogP contribution in [0.25, 0.3) is 0 Å². The number of ether oxygens (including phenoxy) is 3. The van der Waals surface area contributed by atoms with Crippen molar-refractivity contribution in [1.82, 2.24) is 0 Å². The molecule has 1 aliphatic rings. The summed E-state index contributed by atoms with van der Waals surface area (Å²) in [5, 5.41) is 0. The Bertz CT molecular complexity index is 721. The molecule has 0 saturated carbocycles. The number of esters is 1. The number of benzene rings is 2. The van der Waals surface area contributed by atoms with E-state index in [1.807, 2.05) is 55.5 Å². The fourth-order valence-electron chi connectivity index (χ4n) is 3.00. The highest BCUT2D eigenvalue weighted by Crippen LogP contribution is 2.52. The number of carbonyl (C=O) groups is 1. The molecule has 2 aromatic carbocycles. The van der Waals surface area contributed by atoms with Crippen molar-refractivity contribution in [3.8, 4) is 5.75 Å². The number of hydrogen-bond acceptors (Lipinski definition) is 4. The van der Waals surface area contributed by atoms with E-state index in [2.05, 4.69) is 6.92 Å². The van der Waals surface area contributed by atoms with E-state index in [-0.39, 0.29) is 5.97 Å². The molecule has 1 heterocycles. The zero-order valence-corrected chi connectivity index (χ0v) is 15.0. The van der Waals surface area contributed by atoms with Gasteiger partial charge >= 0.3 is 5.97 Å². The molecule has 0 amide bonds. The average Bonchev–Trinajstić information content (AvgIpc) is 3.39. The van der Waals surface area contributed by atoms with Gasteiger partial charge in [0, 0.05) is 0 Å². The van der Waals surface area contributed by atoms with Crippen LogP contribution in [0.15, 0.2) is 48.5 Å². The van der Waals surface area contributed by atoms with Crippen LogP contribution < -0.4 is 4.74 Å². The molecule has 0 spiro atoms. The Labute approximate surface area is 148 Å². The Kier molecular flexibility index (Phi) is 5.09. The molecule has 3 rings (SSSR count). The van der Waals surface area contributed by atoms with Crippen molar-refractivity contribution in [1.29, 1.82) is 0 Å². The molecule has 1 saturated heterocycles. The normalized spacial score (nSPS) is 21.6. The maximum Gasteiger partial charge on any atom is 0.339 e. The molecule has 1 fully saturated rings. The minimum absolute atomic E-state index is 0.301. The van der Waals surface area contributed by atoms with Gasteiger partial charge in [0.05, 0.1) is 13.7 Å². The summed E-state index contributed by atoms with van der Waals surface area (Å²) in [5.41, 5.74) is 2.27. The highest BCUT2D eigenvalue weighted by atomic mass is 16.7. The number of epoxide rings is 1. The van der Waals surface area contributed by atoms with Crippen molar-refractivity contribution in [3.05, 3.63) is 65.2 Å². The van der Waals surface area contributed by atoms with E-state index in [1.54, 1.807) is 7.11 Å². The van der Waals surface area contributed by atoms with Gasteiger partial charge < -0.3 is 14.2 Å². The fourth-order valence-corrected chi connectivity index (χ4v) is 3.00. The van der Waals surface area contributed by atoms with Gasteiger partial charge in [-0.15, -0.1) is 0 Å².